The van der Waals surface area contributed by atoms with Gasteiger partial charge in [-0.1, -0.05) is 92.7 Å². The van der Waals surface area contributed by atoms with Gasteiger partial charge < -0.3 is 0 Å². The summed E-state index contributed by atoms with van der Waals surface area (Å²) in [5, 5.41) is 0. The molecule has 0 amide bonds. The lowest BCUT2D eigenvalue weighted by Crippen LogP contribution is -2.29. The second-order valence-corrected chi connectivity index (χ2v) is 7.91. The quantitative estimate of drug-likeness (QED) is 0.566. The third kappa shape index (κ3) is 3.88. The highest BCUT2D eigenvalue weighted by Crippen LogP contribution is 2.36. The first-order valence-electron chi connectivity index (χ1n) is 9.45. The predicted octanol–water partition coefficient (Wildman–Crippen LogP) is 6.29. The van der Waals surface area contributed by atoms with Gasteiger partial charge in [0.2, 0.25) is 0 Å². The van der Waals surface area contributed by atoms with Crippen LogP contribution in [0.3, 0.4) is 0 Å². The van der Waals surface area contributed by atoms with Crippen LogP contribution >= 0.6 is 0 Å². The minimum absolute atomic E-state index is 0.0462. The maximum atomic E-state index is 5.22. The molecule has 2 aromatic rings. The van der Waals surface area contributed by atoms with Crippen molar-refractivity contribution in [2.45, 2.75) is 39.7 Å². The van der Waals surface area contributed by atoms with E-state index in [1.165, 1.54) is 16.7 Å². The van der Waals surface area contributed by atoms with E-state index in [2.05, 4.69) is 113 Å². The Bertz CT molecular complexity index is 830. The number of aryl methyl sites for hydroxylation is 1. The van der Waals surface area contributed by atoms with E-state index in [4.69, 9.17) is 4.99 Å². The summed E-state index contributed by atoms with van der Waals surface area (Å²) in [7, 11) is 0. The van der Waals surface area contributed by atoms with Gasteiger partial charge in [0.25, 0.3) is 0 Å². The molecular formula is C25H29N. The molecule has 2 aromatic carbocycles. The summed E-state index contributed by atoms with van der Waals surface area (Å²) >= 11 is 0. The number of allylic oxidation sites excluding steroid dienone is 4. The second kappa shape index (κ2) is 7.45. The molecule has 1 nitrogen and oxygen atoms in total. The summed E-state index contributed by atoms with van der Waals surface area (Å²) in [4.78, 5) is 5.22. The van der Waals surface area contributed by atoms with E-state index in [-0.39, 0.29) is 11.0 Å². The van der Waals surface area contributed by atoms with Crippen LogP contribution < -0.4 is 0 Å². The van der Waals surface area contributed by atoms with E-state index in [9.17, 15) is 0 Å². The second-order valence-electron chi connectivity index (χ2n) is 7.91. The summed E-state index contributed by atoms with van der Waals surface area (Å²) < 4.78 is 0. The van der Waals surface area contributed by atoms with E-state index < -0.39 is 0 Å². The van der Waals surface area contributed by atoms with Gasteiger partial charge in [-0.15, -0.1) is 0 Å². The first kappa shape index (κ1) is 18.4. The van der Waals surface area contributed by atoms with Gasteiger partial charge in [-0.25, -0.2) is 0 Å². The Kier molecular flexibility index (Phi) is 5.27. The van der Waals surface area contributed by atoms with Crippen molar-refractivity contribution in [3.8, 4) is 0 Å². The number of nitrogens with zero attached hydrogens (tertiary/aromatic N) is 1. The van der Waals surface area contributed by atoms with Crippen LogP contribution in [0.4, 0.5) is 0 Å². The highest BCUT2D eigenvalue weighted by molar-refractivity contribution is 5.70. The zero-order chi connectivity index (χ0) is 18.6. The molecular weight excluding hydrogens is 314 g/mol. The molecule has 0 radical (unpaired) electrons. The van der Waals surface area contributed by atoms with Crippen LogP contribution in [0.25, 0.3) is 0 Å². The summed E-state index contributed by atoms with van der Waals surface area (Å²) in [6.45, 7) is 8.97. The Morgan fingerprint density at radius 2 is 1.73 bits per heavy atom. The van der Waals surface area contributed by atoms with Crippen LogP contribution in [-0.2, 0) is 12.0 Å². The SMILES string of the molecule is Cc1ccccc1C(C)(Cc1ccccc1)N=CC1(C)C=CC=CC1C. The zero-order valence-electron chi connectivity index (χ0n) is 16.3. The van der Waals surface area contributed by atoms with Gasteiger partial charge in [0.15, 0.2) is 0 Å². The van der Waals surface area contributed by atoms with Crippen LogP contribution in [0.2, 0.25) is 0 Å². The van der Waals surface area contributed by atoms with Crippen molar-refractivity contribution in [3.63, 3.8) is 0 Å². The van der Waals surface area contributed by atoms with E-state index in [1.54, 1.807) is 0 Å². The molecule has 0 bridgehead atoms. The van der Waals surface area contributed by atoms with Gasteiger partial charge in [0.05, 0.1) is 5.54 Å². The monoisotopic (exact) mass is 343 g/mol. The molecule has 0 saturated heterocycles. The first-order chi connectivity index (χ1) is 12.4. The zero-order valence-corrected chi connectivity index (χ0v) is 16.3. The lowest BCUT2D eigenvalue weighted by atomic mass is 9.76. The van der Waals surface area contributed by atoms with Crippen molar-refractivity contribution in [2.75, 3.05) is 0 Å². The third-order valence-electron chi connectivity index (χ3n) is 5.69. The van der Waals surface area contributed by atoms with Gasteiger partial charge >= 0.3 is 0 Å². The normalized spacial score (nSPS) is 24.7. The summed E-state index contributed by atoms with van der Waals surface area (Å²) in [5.74, 6) is 0.439. The van der Waals surface area contributed by atoms with Crippen molar-refractivity contribution in [1.82, 2.24) is 0 Å². The molecule has 0 N–H and O–H groups in total. The molecule has 0 aromatic heterocycles. The summed E-state index contributed by atoms with van der Waals surface area (Å²) in [6, 6.07) is 19.3. The van der Waals surface area contributed by atoms with Crippen LogP contribution in [0, 0.1) is 18.3 Å². The molecule has 1 aliphatic rings. The van der Waals surface area contributed by atoms with Gasteiger partial charge in [0.1, 0.15) is 0 Å². The smallest absolute Gasteiger partial charge is 0.0867 e. The van der Waals surface area contributed by atoms with Crippen LogP contribution in [-0.4, -0.2) is 6.21 Å². The van der Waals surface area contributed by atoms with E-state index in [1.807, 2.05) is 0 Å². The summed E-state index contributed by atoms with van der Waals surface area (Å²) in [5.41, 5.74) is 3.57. The van der Waals surface area contributed by atoms with Crippen molar-refractivity contribution in [1.29, 1.82) is 0 Å². The van der Waals surface area contributed by atoms with Gasteiger partial charge in [-0.3, -0.25) is 4.99 Å². The van der Waals surface area contributed by atoms with Crippen LogP contribution in [0.15, 0.2) is 83.9 Å². The predicted molar refractivity (Wildman–Crippen MR) is 113 cm³/mol. The maximum absolute atomic E-state index is 5.22. The van der Waals surface area contributed by atoms with Crippen molar-refractivity contribution in [2.24, 2.45) is 16.3 Å². The Hall–Kier alpha value is -2.41. The van der Waals surface area contributed by atoms with Crippen molar-refractivity contribution >= 4 is 6.21 Å². The molecule has 1 heteroatoms. The van der Waals surface area contributed by atoms with E-state index in [0.29, 0.717) is 5.92 Å². The van der Waals surface area contributed by atoms with Crippen molar-refractivity contribution in [3.05, 3.63) is 95.6 Å². The molecule has 0 spiro atoms. The number of rotatable bonds is 5. The number of aliphatic imine (C=N–C) groups is 1. The lowest BCUT2D eigenvalue weighted by Gasteiger charge is -2.33. The molecule has 0 saturated carbocycles. The Balaban J connectivity index is 2.01. The largest absolute Gasteiger partial charge is 0.285 e. The van der Waals surface area contributed by atoms with Gasteiger partial charge in [-0.2, -0.15) is 0 Å². The topological polar surface area (TPSA) is 12.4 Å². The highest BCUT2D eigenvalue weighted by atomic mass is 14.9. The minimum Gasteiger partial charge on any atom is -0.285 e. The molecule has 3 rings (SSSR count). The highest BCUT2D eigenvalue weighted by Gasteiger charge is 2.31. The van der Waals surface area contributed by atoms with Crippen LogP contribution in [0.1, 0.15) is 37.5 Å². The molecule has 0 aliphatic heterocycles. The number of hydrogen-bond acceptors (Lipinski definition) is 1. The Labute approximate surface area is 158 Å². The Morgan fingerprint density at radius 3 is 2.42 bits per heavy atom. The fourth-order valence-corrected chi connectivity index (χ4v) is 3.68. The molecule has 3 unspecified atom stereocenters. The van der Waals surface area contributed by atoms with Gasteiger partial charge in [-0.05, 0) is 36.5 Å². The van der Waals surface area contributed by atoms with Crippen LogP contribution in [0.5, 0.6) is 0 Å². The molecule has 1 aliphatic carbocycles. The third-order valence-corrected chi connectivity index (χ3v) is 5.69. The van der Waals surface area contributed by atoms with Gasteiger partial charge in [0, 0.05) is 18.1 Å². The average Bonchev–Trinajstić information content (AvgIpc) is 2.64. The molecule has 3 atom stereocenters. The minimum atomic E-state index is -0.287. The van der Waals surface area contributed by atoms with E-state index in [0.717, 1.165) is 6.42 Å². The fourth-order valence-electron chi connectivity index (χ4n) is 3.68. The average molecular weight is 344 g/mol. The Morgan fingerprint density at radius 1 is 1.04 bits per heavy atom. The first-order valence-corrected chi connectivity index (χ1v) is 9.45. The standard InChI is InChI=1S/C25H29N/c1-20-12-8-9-16-23(20)25(4,18-22-14-6-5-7-15-22)26-19-24(3)17-11-10-13-21(24)2/h5-17,19,21H,18H2,1-4H3. The number of hydrogen-bond donors (Lipinski definition) is 0. The maximum Gasteiger partial charge on any atom is 0.0867 e. The molecule has 0 heterocycles. The lowest BCUT2D eigenvalue weighted by molar-refractivity contribution is 0.442. The fraction of sp³-hybridized carbons (Fsp3) is 0.320. The molecule has 0 fully saturated rings. The molecule has 134 valence electrons. The number of benzene rings is 2. The molecule has 26 heavy (non-hydrogen) atoms. The van der Waals surface area contributed by atoms with Crippen molar-refractivity contribution < 1.29 is 0 Å². The van der Waals surface area contributed by atoms with E-state index >= 15 is 0 Å². The summed E-state index contributed by atoms with van der Waals surface area (Å²) in [6.07, 6.45) is 11.8.